The largest absolute Gasteiger partial charge is 0.277 e. The zero-order chi connectivity index (χ0) is 7.84. The summed E-state index contributed by atoms with van der Waals surface area (Å²) in [5.74, 6) is 0. The first-order valence-corrected chi connectivity index (χ1v) is 5.59. The molecule has 1 aliphatic carbocycles. The molecule has 11 heavy (non-hydrogen) atoms. The Morgan fingerprint density at radius 1 is 0.909 bits per heavy atom. The summed E-state index contributed by atoms with van der Waals surface area (Å²) in [5, 5.41) is 0. The summed E-state index contributed by atoms with van der Waals surface area (Å²) >= 11 is 0. The first-order valence-electron chi connectivity index (χ1n) is 3.44. The minimum atomic E-state index is 0.0992. The van der Waals surface area contributed by atoms with Crippen molar-refractivity contribution in [2.24, 2.45) is 0 Å². The Bertz CT molecular complexity index is 351. The van der Waals surface area contributed by atoms with E-state index in [1.807, 2.05) is 0 Å². The highest BCUT2D eigenvalue weighted by Crippen LogP contribution is 2.16. The van der Waals surface area contributed by atoms with Crippen molar-refractivity contribution in [1.82, 2.24) is 0 Å². The second-order valence-corrected chi connectivity index (χ2v) is 4.63. The minimum Gasteiger partial charge on any atom is -0.277 e. The van der Waals surface area contributed by atoms with Crippen LogP contribution in [0.4, 0.5) is 0 Å². The molecule has 1 aromatic heterocycles. The van der Waals surface area contributed by atoms with Gasteiger partial charge in [-0.05, 0) is 39.9 Å². The van der Waals surface area contributed by atoms with E-state index in [2.05, 4.69) is 0 Å². The van der Waals surface area contributed by atoms with E-state index in [1.165, 1.54) is 0 Å². The van der Waals surface area contributed by atoms with Gasteiger partial charge in [0, 0.05) is 11.1 Å². The van der Waals surface area contributed by atoms with Crippen LogP contribution in [0.1, 0.15) is 17.5 Å². The average Bonchev–Trinajstić information content (AvgIpc) is 2.45. The number of fused-ring (bicyclic) bond motifs is 1. The first kappa shape index (κ1) is 7.18. The normalized spacial score (nSPS) is 14.9. The van der Waals surface area contributed by atoms with Crippen LogP contribution in [0.3, 0.4) is 0 Å². The van der Waals surface area contributed by atoms with Crippen LogP contribution in [0.5, 0.6) is 0 Å². The molecule has 4 heteroatoms. The van der Waals surface area contributed by atoms with Gasteiger partial charge in [0.2, 0.25) is 9.48 Å². The molecule has 2 rings (SSSR count). The van der Waals surface area contributed by atoms with Crippen molar-refractivity contribution >= 4 is 20.7 Å². The van der Waals surface area contributed by atoms with Crippen LogP contribution < -0.4 is 9.48 Å². The van der Waals surface area contributed by atoms with Gasteiger partial charge in [0.25, 0.3) is 0 Å². The Hall–Kier alpha value is -0.480. The lowest BCUT2D eigenvalue weighted by atomic mass is 10.2. The molecule has 2 nitrogen and oxygen atoms in total. The van der Waals surface area contributed by atoms with Crippen LogP contribution in [-0.4, -0.2) is 0 Å². The van der Waals surface area contributed by atoms with Gasteiger partial charge in [-0.3, -0.25) is 9.59 Å². The maximum absolute atomic E-state index is 11.2. The van der Waals surface area contributed by atoms with Gasteiger partial charge in [-0.1, -0.05) is 0 Å². The van der Waals surface area contributed by atoms with Crippen LogP contribution in [0, 0.1) is 0 Å². The molecule has 1 aromatic rings. The van der Waals surface area contributed by atoms with E-state index in [4.69, 9.17) is 0 Å². The molecule has 0 amide bonds. The van der Waals surface area contributed by atoms with Gasteiger partial charge in [-0.15, -0.1) is 0 Å². The smallest absolute Gasteiger partial charge is 0.245 e. The summed E-state index contributed by atoms with van der Waals surface area (Å²) < 4.78 is 0.198. The van der Waals surface area contributed by atoms with E-state index in [0.717, 1.165) is 51.1 Å². The highest BCUT2D eigenvalue weighted by atomic mass is 32.9. The van der Waals surface area contributed by atoms with E-state index in [1.54, 1.807) is 0 Å². The zero-order valence-corrected chi connectivity index (χ0v) is 7.39. The summed E-state index contributed by atoms with van der Waals surface area (Å²) in [6, 6.07) is 0. The molecule has 0 saturated carbocycles. The Kier molecular flexibility index (Phi) is 1.65. The molecule has 0 atom stereocenters. The molecule has 0 saturated heterocycles. The fraction of sp³-hybridized carbons (Fsp3) is 0.429. The van der Waals surface area contributed by atoms with Crippen molar-refractivity contribution in [2.75, 3.05) is 0 Å². The Labute approximate surface area is 70.5 Å². The van der Waals surface area contributed by atoms with Gasteiger partial charge in [0.1, 0.15) is 0 Å². The molecule has 58 valence electrons. The van der Waals surface area contributed by atoms with Crippen molar-refractivity contribution in [1.29, 1.82) is 0 Å². The quantitative estimate of drug-likeness (QED) is 0.567. The van der Waals surface area contributed by atoms with E-state index in [0.29, 0.717) is 0 Å². The Morgan fingerprint density at radius 3 is 1.82 bits per heavy atom. The van der Waals surface area contributed by atoms with Crippen LogP contribution in [0.2, 0.25) is 0 Å². The fourth-order valence-corrected chi connectivity index (χ4v) is 3.23. The average molecular weight is 186 g/mol. The molecule has 1 aliphatic rings. The van der Waals surface area contributed by atoms with E-state index in [9.17, 15) is 9.59 Å². The molecule has 0 bridgehead atoms. The number of hydrogen-bond acceptors (Lipinski definition) is 4. The van der Waals surface area contributed by atoms with Crippen molar-refractivity contribution in [3.63, 3.8) is 0 Å². The minimum absolute atomic E-state index is 0.0992. The molecule has 0 aliphatic heterocycles. The Morgan fingerprint density at radius 2 is 1.36 bits per heavy atom. The van der Waals surface area contributed by atoms with Gasteiger partial charge >= 0.3 is 0 Å². The number of hydrogen-bond donors (Lipinski definition) is 0. The lowest BCUT2D eigenvalue weighted by Crippen LogP contribution is -2.10. The third-order valence-electron chi connectivity index (χ3n) is 1.90. The highest BCUT2D eigenvalue weighted by Gasteiger charge is 2.17. The molecule has 0 radical (unpaired) electrons. The molecule has 0 N–H and O–H groups in total. The molecular formula is C7H6O2S2. The van der Waals surface area contributed by atoms with Crippen LogP contribution in [0.15, 0.2) is 9.59 Å². The molecule has 0 aromatic carbocycles. The maximum Gasteiger partial charge on any atom is 0.245 e. The van der Waals surface area contributed by atoms with E-state index in [-0.39, 0.29) is 9.48 Å². The van der Waals surface area contributed by atoms with Gasteiger partial charge in [-0.2, -0.15) is 0 Å². The van der Waals surface area contributed by atoms with Crippen LogP contribution in [-0.2, 0) is 12.8 Å². The van der Waals surface area contributed by atoms with Crippen LogP contribution in [0.25, 0.3) is 0 Å². The molecule has 0 spiro atoms. The third kappa shape index (κ3) is 1.06. The summed E-state index contributed by atoms with van der Waals surface area (Å²) in [6.07, 6.45) is 2.60. The summed E-state index contributed by atoms with van der Waals surface area (Å²) in [7, 11) is 2.15. The summed E-state index contributed by atoms with van der Waals surface area (Å²) in [5.41, 5.74) is 1.58. The highest BCUT2D eigenvalue weighted by molar-refractivity contribution is 7.67. The predicted octanol–water partition coefficient (Wildman–Crippen LogP) is 1.02. The van der Waals surface area contributed by atoms with Crippen molar-refractivity contribution < 1.29 is 0 Å². The van der Waals surface area contributed by atoms with Crippen LogP contribution >= 0.6 is 20.7 Å². The SMILES string of the molecule is O=c1ssc(=O)c2c1CCC2. The summed E-state index contributed by atoms with van der Waals surface area (Å²) in [6.45, 7) is 0. The van der Waals surface area contributed by atoms with E-state index < -0.39 is 0 Å². The summed E-state index contributed by atoms with van der Waals surface area (Å²) in [4.78, 5) is 22.3. The second-order valence-electron chi connectivity index (χ2n) is 2.55. The van der Waals surface area contributed by atoms with E-state index >= 15 is 0 Å². The zero-order valence-electron chi connectivity index (χ0n) is 5.75. The third-order valence-corrected chi connectivity index (χ3v) is 3.94. The molecule has 1 heterocycles. The predicted molar refractivity (Wildman–Crippen MR) is 46.8 cm³/mol. The van der Waals surface area contributed by atoms with Gasteiger partial charge in [0.15, 0.2) is 0 Å². The number of rotatable bonds is 0. The lowest BCUT2D eigenvalue weighted by molar-refractivity contribution is 0.909. The maximum atomic E-state index is 11.2. The molecule has 0 unspecified atom stereocenters. The van der Waals surface area contributed by atoms with Crippen molar-refractivity contribution in [3.8, 4) is 0 Å². The van der Waals surface area contributed by atoms with Gasteiger partial charge in [-0.25, -0.2) is 0 Å². The molecule has 0 fully saturated rings. The Balaban J connectivity index is 2.84. The van der Waals surface area contributed by atoms with Crippen molar-refractivity contribution in [2.45, 2.75) is 19.3 Å². The molecular weight excluding hydrogens is 180 g/mol. The van der Waals surface area contributed by atoms with Crippen molar-refractivity contribution in [3.05, 3.63) is 30.2 Å². The standard InChI is InChI=1S/C7H6O2S2/c8-6-4-2-1-3-5(4)7(9)11-10-6/h1-3H2. The second kappa shape index (κ2) is 2.53. The topological polar surface area (TPSA) is 34.1 Å². The monoisotopic (exact) mass is 186 g/mol. The van der Waals surface area contributed by atoms with Gasteiger partial charge in [0.05, 0.1) is 0 Å². The first-order chi connectivity index (χ1) is 5.29. The lowest BCUT2D eigenvalue weighted by Gasteiger charge is -1.89. The fourth-order valence-electron chi connectivity index (χ4n) is 1.37. The van der Waals surface area contributed by atoms with Gasteiger partial charge < -0.3 is 0 Å².